The molecule has 1 aromatic rings. The summed E-state index contributed by atoms with van der Waals surface area (Å²) in [5, 5.41) is 28.9. The highest BCUT2D eigenvalue weighted by Crippen LogP contribution is 2.43. The van der Waals surface area contributed by atoms with E-state index in [1.54, 1.807) is 0 Å². The quantitative estimate of drug-likeness (QED) is 0.692. The molecule has 19 heavy (non-hydrogen) atoms. The Morgan fingerprint density at radius 2 is 1.68 bits per heavy atom. The van der Waals surface area contributed by atoms with Gasteiger partial charge in [-0.25, -0.2) is 4.79 Å². The first-order valence-electron chi connectivity index (χ1n) is 6.44. The number of hydrogen-bond acceptors (Lipinski definition) is 3. The molecular formula is C14H19BrO4. The molecule has 1 rings (SSSR count). The van der Waals surface area contributed by atoms with E-state index in [-0.39, 0.29) is 11.3 Å². The number of benzene rings is 1. The molecule has 0 unspecified atom stereocenters. The summed E-state index contributed by atoms with van der Waals surface area (Å²) in [5.41, 5.74) is 1.23. The van der Waals surface area contributed by atoms with Gasteiger partial charge in [-0.3, -0.25) is 0 Å². The van der Waals surface area contributed by atoms with Gasteiger partial charge in [0.15, 0.2) is 11.5 Å². The van der Waals surface area contributed by atoms with Crippen LogP contribution in [0, 0.1) is 0 Å². The molecule has 0 aliphatic carbocycles. The van der Waals surface area contributed by atoms with Gasteiger partial charge >= 0.3 is 5.97 Å². The van der Waals surface area contributed by atoms with Crippen molar-refractivity contribution in [2.45, 2.75) is 46.0 Å². The Kier molecular flexibility index (Phi) is 5.66. The first-order chi connectivity index (χ1) is 8.95. The maximum atomic E-state index is 11.3. The van der Waals surface area contributed by atoms with Gasteiger partial charge < -0.3 is 15.3 Å². The second-order valence-electron chi connectivity index (χ2n) is 4.50. The molecule has 0 aliphatic heterocycles. The predicted molar refractivity (Wildman–Crippen MR) is 77.0 cm³/mol. The molecule has 0 saturated carbocycles. The van der Waals surface area contributed by atoms with Crippen LogP contribution in [0.3, 0.4) is 0 Å². The van der Waals surface area contributed by atoms with Crippen LogP contribution in [-0.4, -0.2) is 21.3 Å². The zero-order chi connectivity index (χ0) is 14.6. The van der Waals surface area contributed by atoms with Crippen LogP contribution in [0.25, 0.3) is 0 Å². The second kappa shape index (κ2) is 6.80. The van der Waals surface area contributed by atoms with Gasteiger partial charge in [0.1, 0.15) is 5.56 Å². The zero-order valence-corrected chi connectivity index (χ0v) is 12.7. The van der Waals surface area contributed by atoms with Gasteiger partial charge in [-0.05, 0) is 46.3 Å². The largest absolute Gasteiger partial charge is 0.504 e. The van der Waals surface area contributed by atoms with E-state index in [1.807, 2.05) is 13.8 Å². The third kappa shape index (κ3) is 3.21. The van der Waals surface area contributed by atoms with Crippen LogP contribution < -0.4 is 0 Å². The van der Waals surface area contributed by atoms with E-state index in [0.29, 0.717) is 22.9 Å². The number of carbonyl (C=O) groups is 1. The Morgan fingerprint density at radius 3 is 2.16 bits per heavy atom. The van der Waals surface area contributed by atoms with Gasteiger partial charge in [-0.2, -0.15) is 0 Å². The summed E-state index contributed by atoms with van der Waals surface area (Å²) in [5.74, 6) is -2.15. The lowest BCUT2D eigenvalue weighted by molar-refractivity contribution is 0.0691. The maximum absolute atomic E-state index is 11.3. The number of phenolic OH excluding ortho intramolecular Hbond substituents is 1. The van der Waals surface area contributed by atoms with Crippen molar-refractivity contribution in [3.63, 3.8) is 0 Å². The molecule has 106 valence electrons. The molecule has 5 heteroatoms. The monoisotopic (exact) mass is 330 g/mol. The number of phenols is 2. The van der Waals surface area contributed by atoms with Gasteiger partial charge in [-0.15, -0.1) is 0 Å². The Labute approximate surface area is 121 Å². The zero-order valence-electron chi connectivity index (χ0n) is 11.2. The number of hydrogen-bond donors (Lipinski definition) is 3. The van der Waals surface area contributed by atoms with Crippen LogP contribution in [-0.2, 0) is 12.8 Å². The van der Waals surface area contributed by atoms with E-state index in [1.165, 1.54) is 0 Å². The average molecular weight is 331 g/mol. The lowest BCUT2D eigenvalue weighted by atomic mass is 9.92. The lowest BCUT2D eigenvalue weighted by Gasteiger charge is -2.17. The Balaban J connectivity index is 3.53. The van der Waals surface area contributed by atoms with E-state index >= 15 is 0 Å². The van der Waals surface area contributed by atoms with Gasteiger partial charge in [0.25, 0.3) is 0 Å². The summed E-state index contributed by atoms with van der Waals surface area (Å²) < 4.78 is 0.409. The normalized spacial score (nSPS) is 10.7. The standard InChI is InChI=1S/C14H19BrO4/c1-3-5-7-9-8(6-4-2)10(14(18)19)12(16)13(17)11(9)15/h16-17H,3-7H2,1-2H3,(H,18,19). The molecule has 0 aromatic heterocycles. The van der Waals surface area contributed by atoms with E-state index < -0.39 is 11.7 Å². The van der Waals surface area contributed by atoms with Crippen molar-refractivity contribution in [3.8, 4) is 11.5 Å². The van der Waals surface area contributed by atoms with E-state index in [9.17, 15) is 20.1 Å². The first kappa shape index (κ1) is 15.8. The minimum absolute atomic E-state index is 0.173. The highest BCUT2D eigenvalue weighted by atomic mass is 79.9. The Bertz CT molecular complexity index is 483. The molecule has 3 N–H and O–H groups in total. The molecule has 0 spiro atoms. The third-order valence-corrected chi connectivity index (χ3v) is 3.95. The van der Waals surface area contributed by atoms with Crippen molar-refractivity contribution in [2.24, 2.45) is 0 Å². The van der Waals surface area contributed by atoms with Gasteiger partial charge in [0.2, 0.25) is 0 Å². The fourth-order valence-electron chi connectivity index (χ4n) is 2.16. The van der Waals surface area contributed by atoms with Crippen LogP contribution >= 0.6 is 15.9 Å². The SMILES string of the molecule is CCCCc1c(Br)c(O)c(O)c(C(=O)O)c1CCC. The van der Waals surface area contributed by atoms with E-state index in [4.69, 9.17) is 0 Å². The summed E-state index contributed by atoms with van der Waals surface area (Å²) >= 11 is 3.26. The van der Waals surface area contributed by atoms with E-state index in [2.05, 4.69) is 15.9 Å². The van der Waals surface area contributed by atoms with Gasteiger partial charge in [0.05, 0.1) is 4.47 Å². The van der Waals surface area contributed by atoms with Crippen LogP contribution in [0.4, 0.5) is 0 Å². The second-order valence-corrected chi connectivity index (χ2v) is 5.30. The molecule has 0 saturated heterocycles. The average Bonchev–Trinajstić information content (AvgIpc) is 2.36. The summed E-state index contributed by atoms with van der Waals surface area (Å²) in [7, 11) is 0. The van der Waals surface area contributed by atoms with Crippen molar-refractivity contribution in [3.05, 3.63) is 21.2 Å². The number of aromatic hydroxyl groups is 2. The molecule has 0 radical (unpaired) electrons. The molecular weight excluding hydrogens is 312 g/mol. The number of carboxylic acids is 1. The van der Waals surface area contributed by atoms with Crippen LogP contribution in [0.2, 0.25) is 0 Å². The molecule has 4 nitrogen and oxygen atoms in total. The summed E-state index contributed by atoms with van der Waals surface area (Å²) in [6, 6.07) is 0. The van der Waals surface area contributed by atoms with E-state index in [0.717, 1.165) is 24.8 Å². The maximum Gasteiger partial charge on any atom is 0.339 e. The number of unbranched alkanes of at least 4 members (excludes halogenated alkanes) is 1. The van der Waals surface area contributed by atoms with Crippen molar-refractivity contribution >= 4 is 21.9 Å². The van der Waals surface area contributed by atoms with Crippen LogP contribution in [0.15, 0.2) is 4.47 Å². The number of rotatable bonds is 6. The molecule has 0 amide bonds. The predicted octanol–water partition coefficient (Wildman–Crippen LogP) is 3.85. The first-order valence-corrected chi connectivity index (χ1v) is 7.23. The fraction of sp³-hybridized carbons (Fsp3) is 0.500. The van der Waals surface area contributed by atoms with Crippen molar-refractivity contribution in [1.29, 1.82) is 0 Å². The van der Waals surface area contributed by atoms with Gasteiger partial charge in [0, 0.05) is 0 Å². The summed E-state index contributed by atoms with van der Waals surface area (Å²) in [4.78, 5) is 11.3. The molecule has 0 fully saturated rings. The van der Waals surface area contributed by atoms with Crippen molar-refractivity contribution in [2.75, 3.05) is 0 Å². The molecule has 0 bridgehead atoms. The van der Waals surface area contributed by atoms with Crippen molar-refractivity contribution in [1.82, 2.24) is 0 Å². The molecule has 0 heterocycles. The topological polar surface area (TPSA) is 77.8 Å². The minimum atomic E-state index is -1.21. The lowest BCUT2D eigenvalue weighted by Crippen LogP contribution is -2.08. The highest BCUT2D eigenvalue weighted by molar-refractivity contribution is 9.10. The number of carboxylic acid groups (broad SMARTS) is 1. The minimum Gasteiger partial charge on any atom is -0.504 e. The van der Waals surface area contributed by atoms with Crippen LogP contribution in [0.5, 0.6) is 11.5 Å². The molecule has 0 atom stereocenters. The highest BCUT2D eigenvalue weighted by Gasteiger charge is 2.25. The smallest absolute Gasteiger partial charge is 0.339 e. The Hall–Kier alpha value is -1.23. The van der Waals surface area contributed by atoms with Crippen LogP contribution in [0.1, 0.15) is 54.6 Å². The number of halogens is 1. The summed E-state index contributed by atoms with van der Waals surface area (Å²) in [6.45, 7) is 4.00. The van der Waals surface area contributed by atoms with Crippen molar-refractivity contribution < 1.29 is 20.1 Å². The van der Waals surface area contributed by atoms with Gasteiger partial charge in [-0.1, -0.05) is 26.7 Å². The Morgan fingerprint density at radius 1 is 1.05 bits per heavy atom. The number of aromatic carboxylic acids is 1. The molecule has 1 aromatic carbocycles. The summed E-state index contributed by atoms with van der Waals surface area (Å²) in [6.07, 6.45) is 3.89. The fourth-order valence-corrected chi connectivity index (χ4v) is 2.79. The molecule has 0 aliphatic rings. The third-order valence-electron chi connectivity index (χ3n) is 3.09.